The van der Waals surface area contributed by atoms with Crippen molar-refractivity contribution in [3.8, 4) is 11.5 Å². The second kappa shape index (κ2) is 13.5. The van der Waals surface area contributed by atoms with Gasteiger partial charge in [0.1, 0.15) is 24.1 Å². The first-order chi connectivity index (χ1) is 20.4. The molecule has 0 saturated heterocycles. The molecule has 42 heavy (non-hydrogen) atoms. The van der Waals surface area contributed by atoms with Gasteiger partial charge in [-0.15, -0.1) is 5.10 Å². The molecule has 10 heteroatoms. The van der Waals surface area contributed by atoms with E-state index in [2.05, 4.69) is 52.5 Å². The van der Waals surface area contributed by atoms with Crippen LogP contribution in [-0.4, -0.2) is 33.0 Å². The van der Waals surface area contributed by atoms with E-state index in [4.69, 9.17) is 19.6 Å². The van der Waals surface area contributed by atoms with Crippen LogP contribution in [0.5, 0.6) is 11.5 Å². The Balaban J connectivity index is 1.58. The summed E-state index contributed by atoms with van der Waals surface area (Å²) in [5.74, 6) is 2.46. The van der Waals surface area contributed by atoms with E-state index in [1.165, 1.54) is 0 Å². The molecule has 4 aromatic rings. The lowest BCUT2D eigenvalue weighted by Crippen LogP contribution is -2.32. The molecule has 2 N–H and O–H groups in total. The number of nitrogens with one attached hydrogen (secondary N) is 2. The van der Waals surface area contributed by atoms with E-state index < -0.39 is 6.04 Å². The Bertz CT molecular complexity index is 1620. The van der Waals surface area contributed by atoms with Gasteiger partial charge in [0.15, 0.2) is 0 Å². The van der Waals surface area contributed by atoms with Crippen molar-refractivity contribution in [1.82, 2.24) is 14.8 Å². The van der Waals surface area contributed by atoms with Gasteiger partial charge < -0.3 is 20.1 Å². The maximum absolute atomic E-state index is 14.1. The van der Waals surface area contributed by atoms with Crippen molar-refractivity contribution >= 4 is 45.2 Å². The summed E-state index contributed by atoms with van der Waals surface area (Å²) in [6.45, 7) is 8.87. The Morgan fingerprint density at radius 2 is 1.83 bits per heavy atom. The van der Waals surface area contributed by atoms with Crippen molar-refractivity contribution in [2.24, 2.45) is 0 Å². The molecular weight excluding hydrogens is 614 g/mol. The second-order valence-electron chi connectivity index (χ2n) is 9.86. The number of amides is 1. The van der Waals surface area contributed by atoms with Crippen LogP contribution in [0.25, 0.3) is 0 Å². The van der Waals surface area contributed by atoms with Crippen molar-refractivity contribution in [3.05, 3.63) is 99.2 Å². The number of para-hydroxylation sites is 2. The smallest absolute Gasteiger partial charge is 0.255 e. The molecule has 5 rings (SSSR count). The number of carbonyl (C=O) groups is 1. The molecule has 0 fully saturated rings. The third kappa shape index (κ3) is 6.50. The van der Waals surface area contributed by atoms with Gasteiger partial charge >= 0.3 is 0 Å². The fourth-order valence-electron chi connectivity index (χ4n) is 4.80. The maximum atomic E-state index is 14.1. The standard InChI is InChI=1S/C32H34BrN5O3S/c1-5-17-42-32-36-31-34-21(4)28(30(39)35-25-13-9-10-14-27(25)40-6-2)29(38(31)37-32)24-18-23(33)15-16-26(24)41-19-22-12-8-7-11-20(22)3/h7-16,18,29H,5-6,17,19H2,1-4H3,(H,35,39)(H,34,36,37). The van der Waals surface area contributed by atoms with Crippen LogP contribution >= 0.6 is 27.7 Å². The van der Waals surface area contributed by atoms with E-state index >= 15 is 0 Å². The molecule has 218 valence electrons. The van der Waals surface area contributed by atoms with E-state index in [9.17, 15) is 4.79 Å². The van der Waals surface area contributed by atoms with Gasteiger partial charge in [0.05, 0.1) is 17.9 Å². The molecule has 8 nitrogen and oxygen atoms in total. The number of allylic oxidation sites excluding steroid dienone is 1. The van der Waals surface area contributed by atoms with Gasteiger partial charge in [-0.05, 0) is 68.7 Å². The fraction of sp³-hybridized carbons (Fsp3) is 0.281. The number of hydrogen-bond donors (Lipinski definition) is 2. The molecule has 0 radical (unpaired) electrons. The summed E-state index contributed by atoms with van der Waals surface area (Å²) in [4.78, 5) is 18.9. The zero-order valence-corrected chi connectivity index (χ0v) is 26.5. The molecule has 0 saturated carbocycles. The SMILES string of the molecule is CCCSc1nc2n(n1)C(c1cc(Br)ccc1OCc1ccccc1C)C(C(=O)Nc1ccccc1OCC)=C(C)N2. The van der Waals surface area contributed by atoms with Crippen molar-refractivity contribution < 1.29 is 14.3 Å². The van der Waals surface area contributed by atoms with Crippen molar-refractivity contribution in [2.75, 3.05) is 23.0 Å². The summed E-state index contributed by atoms with van der Waals surface area (Å²) in [6, 6.07) is 20.8. The van der Waals surface area contributed by atoms with E-state index in [0.29, 0.717) is 52.8 Å². The summed E-state index contributed by atoms with van der Waals surface area (Å²) >= 11 is 5.24. The van der Waals surface area contributed by atoms with Gasteiger partial charge in [-0.3, -0.25) is 4.79 Å². The van der Waals surface area contributed by atoms with Crippen LogP contribution in [0.3, 0.4) is 0 Å². The Morgan fingerprint density at radius 3 is 2.62 bits per heavy atom. The molecule has 1 amide bonds. The van der Waals surface area contributed by atoms with Crippen LogP contribution < -0.4 is 20.1 Å². The minimum atomic E-state index is -0.603. The lowest BCUT2D eigenvalue weighted by molar-refractivity contribution is -0.113. The lowest BCUT2D eigenvalue weighted by Gasteiger charge is -2.30. The minimum Gasteiger partial charge on any atom is -0.492 e. The van der Waals surface area contributed by atoms with Gasteiger partial charge in [-0.2, -0.15) is 4.98 Å². The van der Waals surface area contributed by atoms with Crippen LogP contribution in [0, 0.1) is 6.92 Å². The molecular formula is C32H34BrN5O3S. The highest BCUT2D eigenvalue weighted by Crippen LogP contribution is 2.42. The van der Waals surface area contributed by atoms with E-state index in [1.807, 2.05) is 68.4 Å². The summed E-state index contributed by atoms with van der Waals surface area (Å²) in [5.41, 5.74) is 4.82. The maximum Gasteiger partial charge on any atom is 0.255 e. The van der Waals surface area contributed by atoms with Crippen LogP contribution in [0.4, 0.5) is 11.6 Å². The topological polar surface area (TPSA) is 90.3 Å². The number of aryl methyl sites for hydroxylation is 1. The van der Waals surface area contributed by atoms with Crippen LogP contribution in [0.15, 0.2) is 87.6 Å². The number of nitrogens with zero attached hydrogens (tertiary/aromatic N) is 3. The number of hydrogen-bond acceptors (Lipinski definition) is 7. The zero-order valence-electron chi connectivity index (χ0n) is 24.1. The number of benzene rings is 3. The molecule has 0 bridgehead atoms. The first-order valence-corrected chi connectivity index (χ1v) is 15.7. The van der Waals surface area contributed by atoms with E-state index in [0.717, 1.165) is 33.3 Å². The highest BCUT2D eigenvalue weighted by molar-refractivity contribution is 9.10. The third-order valence-corrected chi connectivity index (χ3v) is 8.40. The molecule has 0 spiro atoms. The monoisotopic (exact) mass is 647 g/mol. The lowest BCUT2D eigenvalue weighted by atomic mass is 9.94. The largest absolute Gasteiger partial charge is 0.492 e. The molecule has 0 aliphatic carbocycles. The van der Waals surface area contributed by atoms with Gasteiger partial charge in [-0.25, -0.2) is 4.68 Å². The van der Waals surface area contributed by atoms with E-state index in [1.54, 1.807) is 16.4 Å². The third-order valence-electron chi connectivity index (χ3n) is 6.86. The Kier molecular flexibility index (Phi) is 9.54. The van der Waals surface area contributed by atoms with Crippen molar-refractivity contribution in [3.63, 3.8) is 0 Å². The van der Waals surface area contributed by atoms with Gasteiger partial charge in [0.2, 0.25) is 11.1 Å². The summed E-state index contributed by atoms with van der Waals surface area (Å²) < 4.78 is 14.9. The van der Waals surface area contributed by atoms with Crippen molar-refractivity contribution in [2.45, 2.75) is 51.9 Å². The summed E-state index contributed by atoms with van der Waals surface area (Å²) in [7, 11) is 0. The summed E-state index contributed by atoms with van der Waals surface area (Å²) in [6.07, 6.45) is 0.998. The fourth-order valence-corrected chi connectivity index (χ4v) is 5.86. The number of aromatic nitrogens is 3. The molecule has 1 atom stereocenters. The number of anilines is 2. The Hall–Kier alpha value is -3.76. The Morgan fingerprint density at radius 1 is 1.05 bits per heavy atom. The zero-order chi connectivity index (χ0) is 29.6. The molecule has 1 unspecified atom stereocenters. The Labute approximate surface area is 259 Å². The number of fused-ring (bicyclic) bond motifs is 1. The molecule has 2 heterocycles. The number of rotatable bonds is 11. The van der Waals surface area contributed by atoms with Gasteiger partial charge in [0, 0.05) is 21.5 Å². The average molecular weight is 649 g/mol. The van der Waals surface area contributed by atoms with Crippen LogP contribution in [-0.2, 0) is 11.4 Å². The molecule has 1 aromatic heterocycles. The predicted molar refractivity (Wildman–Crippen MR) is 171 cm³/mol. The highest BCUT2D eigenvalue weighted by atomic mass is 79.9. The number of carbonyl (C=O) groups excluding carboxylic acids is 1. The quantitative estimate of drug-likeness (QED) is 0.161. The van der Waals surface area contributed by atoms with E-state index in [-0.39, 0.29) is 5.91 Å². The normalized spacial score (nSPS) is 14.3. The van der Waals surface area contributed by atoms with Gasteiger partial charge in [0.25, 0.3) is 5.91 Å². The number of thioether (sulfide) groups is 1. The highest BCUT2D eigenvalue weighted by Gasteiger charge is 2.36. The predicted octanol–water partition coefficient (Wildman–Crippen LogP) is 7.76. The number of halogens is 1. The van der Waals surface area contributed by atoms with Crippen LogP contribution in [0.1, 0.15) is 49.9 Å². The van der Waals surface area contributed by atoms with Gasteiger partial charge in [-0.1, -0.05) is 71.0 Å². The molecule has 1 aliphatic rings. The summed E-state index contributed by atoms with van der Waals surface area (Å²) in [5, 5.41) is 11.9. The first-order valence-electron chi connectivity index (χ1n) is 14.0. The van der Waals surface area contributed by atoms with Crippen molar-refractivity contribution in [1.29, 1.82) is 0 Å². The second-order valence-corrected chi connectivity index (χ2v) is 11.8. The minimum absolute atomic E-state index is 0.272. The molecule has 1 aliphatic heterocycles. The number of ether oxygens (including phenoxy) is 2. The van der Waals surface area contributed by atoms with Crippen LogP contribution in [0.2, 0.25) is 0 Å². The molecule has 3 aromatic carbocycles. The average Bonchev–Trinajstić information content (AvgIpc) is 3.38. The first kappa shape index (κ1) is 29.7.